The first kappa shape index (κ1) is 13.2. The van der Waals surface area contributed by atoms with Crippen molar-refractivity contribution in [3.8, 4) is 17.2 Å². The number of rotatable bonds is 3. The molecule has 0 aliphatic carbocycles. The highest BCUT2D eigenvalue weighted by molar-refractivity contribution is 5.92. The molecule has 0 saturated heterocycles. The van der Waals surface area contributed by atoms with Crippen molar-refractivity contribution in [2.45, 2.75) is 6.92 Å². The summed E-state index contributed by atoms with van der Waals surface area (Å²) in [4.78, 5) is 15.4. The smallest absolute Gasteiger partial charge is 0.335 e. The molecule has 3 aromatic rings. The molecule has 106 valence electrons. The van der Waals surface area contributed by atoms with Crippen molar-refractivity contribution in [3.05, 3.63) is 47.5 Å². The Hall–Kier alpha value is -2.82. The SMILES string of the molecule is COc1ccc(C)cc1-c1nc2cc(C(=O)O)ccc2o1. The van der Waals surface area contributed by atoms with Crippen molar-refractivity contribution in [1.29, 1.82) is 0 Å². The van der Waals surface area contributed by atoms with E-state index < -0.39 is 5.97 Å². The van der Waals surface area contributed by atoms with Gasteiger partial charge in [-0.15, -0.1) is 0 Å². The lowest BCUT2D eigenvalue weighted by Crippen LogP contribution is -1.94. The van der Waals surface area contributed by atoms with Gasteiger partial charge in [-0.25, -0.2) is 9.78 Å². The number of aromatic carboxylic acids is 1. The van der Waals surface area contributed by atoms with E-state index in [1.807, 2.05) is 25.1 Å². The molecule has 3 rings (SSSR count). The van der Waals surface area contributed by atoms with Crippen molar-refractivity contribution in [3.63, 3.8) is 0 Å². The number of nitrogens with zero attached hydrogens (tertiary/aromatic N) is 1. The maximum Gasteiger partial charge on any atom is 0.335 e. The topological polar surface area (TPSA) is 72.6 Å². The Bertz CT molecular complexity index is 835. The fourth-order valence-electron chi connectivity index (χ4n) is 2.16. The molecule has 2 aromatic carbocycles. The summed E-state index contributed by atoms with van der Waals surface area (Å²) < 4.78 is 11.0. The van der Waals surface area contributed by atoms with Gasteiger partial charge in [-0.3, -0.25) is 0 Å². The van der Waals surface area contributed by atoms with Gasteiger partial charge in [0.25, 0.3) is 0 Å². The summed E-state index contributed by atoms with van der Waals surface area (Å²) in [6.45, 7) is 1.97. The Kier molecular flexibility index (Phi) is 3.10. The summed E-state index contributed by atoms with van der Waals surface area (Å²) in [5.41, 5.74) is 3.02. The van der Waals surface area contributed by atoms with Crippen LogP contribution in [0, 0.1) is 6.92 Å². The number of hydrogen-bond acceptors (Lipinski definition) is 4. The molecule has 0 amide bonds. The van der Waals surface area contributed by atoms with Crippen LogP contribution in [-0.4, -0.2) is 23.2 Å². The molecule has 21 heavy (non-hydrogen) atoms. The standard InChI is InChI=1S/C16H13NO4/c1-9-3-5-13(20-2)11(7-9)15-17-12-8-10(16(18)19)4-6-14(12)21-15/h3-8H,1-2H3,(H,18,19). The summed E-state index contributed by atoms with van der Waals surface area (Å²) in [6, 6.07) is 10.3. The quantitative estimate of drug-likeness (QED) is 0.796. The largest absolute Gasteiger partial charge is 0.496 e. The number of aryl methyl sites for hydroxylation is 1. The summed E-state index contributed by atoms with van der Waals surface area (Å²) in [5, 5.41) is 9.01. The Labute approximate surface area is 120 Å². The third-order valence-corrected chi connectivity index (χ3v) is 3.22. The third-order valence-electron chi connectivity index (χ3n) is 3.22. The molecule has 1 N–H and O–H groups in total. The first-order valence-electron chi connectivity index (χ1n) is 6.37. The molecule has 0 radical (unpaired) electrons. The summed E-state index contributed by atoms with van der Waals surface area (Å²) in [6.07, 6.45) is 0. The average Bonchev–Trinajstić information content (AvgIpc) is 2.89. The van der Waals surface area contributed by atoms with Gasteiger partial charge in [0.2, 0.25) is 5.89 Å². The maximum absolute atomic E-state index is 11.0. The van der Waals surface area contributed by atoms with Gasteiger partial charge < -0.3 is 14.3 Å². The molecule has 1 heterocycles. The number of fused-ring (bicyclic) bond motifs is 1. The number of benzene rings is 2. The van der Waals surface area contributed by atoms with Crippen LogP contribution in [0.1, 0.15) is 15.9 Å². The van der Waals surface area contributed by atoms with Gasteiger partial charge in [-0.2, -0.15) is 0 Å². The normalized spacial score (nSPS) is 10.8. The van der Waals surface area contributed by atoms with Gasteiger partial charge in [0.15, 0.2) is 5.58 Å². The Morgan fingerprint density at radius 3 is 2.76 bits per heavy atom. The Morgan fingerprint density at radius 2 is 2.05 bits per heavy atom. The molecular formula is C16H13NO4. The lowest BCUT2D eigenvalue weighted by atomic mass is 10.1. The number of oxazole rings is 1. The van der Waals surface area contributed by atoms with Crippen LogP contribution in [0.3, 0.4) is 0 Å². The van der Waals surface area contributed by atoms with Gasteiger partial charge >= 0.3 is 5.97 Å². The van der Waals surface area contributed by atoms with E-state index in [0.717, 1.165) is 11.1 Å². The predicted molar refractivity (Wildman–Crippen MR) is 77.7 cm³/mol. The average molecular weight is 283 g/mol. The fourth-order valence-corrected chi connectivity index (χ4v) is 2.16. The zero-order valence-electron chi connectivity index (χ0n) is 11.6. The molecular weight excluding hydrogens is 270 g/mol. The second-order valence-electron chi connectivity index (χ2n) is 4.71. The van der Waals surface area contributed by atoms with Gasteiger partial charge in [0.05, 0.1) is 18.2 Å². The van der Waals surface area contributed by atoms with Crippen molar-refractivity contribution in [1.82, 2.24) is 4.98 Å². The molecule has 5 nitrogen and oxygen atoms in total. The monoisotopic (exact) mass is 283 g/mol. The minimum absolute atomic E-state index is 0.179. The van der Waals surface area contributed by atoms with Crippen LogP contribution in [0.2, 0.25) is 0 Å². The van der Waals surface area contributed by atoms with Crippen LogP contribution in [0.4, 0.5) is 0 Å². The van der Waals surface area contributed by atoms with E-state index in [4.69, 9.17) is 14.3 Å². The summed E-state index contributed by atoms with van der Waals surface area (Å²) in [5.74, 6) is 0.0771. The molecule has 0 bridgehead atoms. The number of methoxy groups -OCH3 is 1. The van der Waals surface area contributed by atoms with Crippen LogP contribution < -0.4 is 4.74 Å². The van der Waals surface area contributed by atoms with Gasteiger partial charge in [-0.1, -0.05) is 11.6 Å². The fraction of sp³-hybridized carbons (Fsp3) is 0.125. The van der Waals surface area contributed by atoms with Crippen molar-refractivity contribution in [2.24, 2.45) is 0 Å². The van der Waals surface area contributed by atoms with Crippen molar-refractivity contribution in [2.75, 3.05) is 7.11 Å². The molecule has 0 unspecified atom stereocenters. The molecule has 0 fully saturated rings. The van der Waals surface area contributed by atoms with Gasteiger partial charge in [-0.05, 0) is 37.3 Å². The van der Waals surface area contributed by atoms with E-state index in [9.17, 15) is 4.79 Å². The number of aromatic nitrogens is 1. The highest BCUT2D eigenvalue weighted by Crippen LogP contribution is 2.32. The third kappa shape index (κ3) is 2.33. The van der Waals surface area contributed by atoms with Crippen molar-refractivity contribution < 1.29 is 19.1 Å². The number of hydrogen-bond donors (Lipinski definition) is 1. The number of ether oxygens (including phenoxy) is 1. The molecule has 0 spiro atoms. The highest BCUT2D eigenvalue weighted by Gasteiger charge is 2.14. The van der Waals surface area contributed by atoms with Crippen molar-refractivity contribution >= 4 is 17.1 Å². The van der Waals surface area contributed by atoms with Crippen LogP contribution >= 0.6 is 0 Å². The Balaban J connectivity index is 2.17. The van der Waals surface area contributed by atoms with Crippen LogP contribution in [0.25, 0.3) is 22.6 Å². The van der Waals surface area contributed by atoms with Crippen LogP contribution in [0.15, 0.2) is 40.8 Å². The number of carboxylic acids is 1. The molecule has 0 atom stereocenters. The molecule has 0 aliphatic heterocycles. The highest BCUT2D eigenvalue weighted by atomic mass is 16.5. The van der Waals surface area contributed by atoms with Crippen LogP contribution in [0.5, 0.6) is 5.75 Å². The summed E-state index contributed by atoms with van der Waals surface area (Å²) >= 11 is 0. The van der Waals surface area contributed by atoms with E-state index in [1.165, 1.54) is 12.1 Å². The number of carbonyl (C=O) groups is 1. The Morgan fingerprint density at radius 1 is 1.24 bits per heavy atom. The van der Waals surface area contributed by atoms with E-state index in [-0.39, 0.29) is 5.56 Å². The van der Waals surface area contributed by atoms with E-state index in [2.05, 4.69) is 4.98 Å². The minimum Gasteiger partial charge on any atom is -0.496 e. The zero-order valence-corrected chi connectivity index (χ0v) is 11.6. The van der Waals surface area contributed by atoms with Gasteiger partial charge in [0, 0.05) is 0 Å². The van der Waals surface area contributed by atoms with Gasteiger partial charge in [0.1, 0.15) is 11.3 Å². The first-order chi connectivity index (χ1) is 10.1. The van der Waals surface area contributed by atoms with E-state index in [1.54, 1.807) is 13.2 Å². The van der Waals surface area contributed by atoms with E-state index in [0.29, 0.717) is 22.7 Å². The molecule has 0 saturated carbocycles. The molecule has 5 heteroatoms. The van der Waals surface area contributed by atoms with E-state index >= 15 is 0 Å². The number of carboxylic acid groups (broad SMARTS) is 1. The maximum atomic E-state index is 11.0. The summed E-state index contributed by atoms with van der Waals surface area (Å²) in [7, 11) is 1.58. The zero-order chi connectivity index (χ0) is 15.0. The second-order valence-corrected chi connectivity index (χ2v) is 4.71. The minimum atomic E-state index is -0.991. The molecule has 1 aromatic heterocycles. The molecule has 0 aliphatic rings. The predicted octanol–water partition coefficient (Wildman–Crippen LogP) is 3.51. The lowest BCUT2D eigenvalue weighted by Gasteiger charge is -2.05. The lowest BCUT2D eigenvalue weighted by molar-refractivity contribution is 0.0697. The first-order valence-corrected chi connectivity index (χ1v) is 6.37. The second kappa shape index (κ2) is 4.94. The van der Waals surface area contributed by atoms with Crippen LogP contribution in [-0.2, 0) is 0 Å².